The molecule has 0 radical (unpaired) electrons. The van der Waals surface area contributed by atoms with Crippen molar-refractivity contribution in [2.24, 2.45) is 5.73 Å². The number of nitrogens with zero attached hydrogens (tertiary/aromatic N) is 2. The van der Waals surface area contributed by atoms with Crippen molar-refractivity contribution >= 4 is 5.91 Å². The summed E-state index contributed by atoms with van der Waals surface area (Å²) in [5, 5.41) is 7.50. The van der Waals surface area contributed by atoms with Crippen LogP contribution in [0.1, 0.15) is 62.5 Å². The predicted molar refractivity (Wildman–Crippen MR) is 79.7 cm³/mol. The summed E-state index contributed by atoms with van der Waals surface area (Å²) in [4.78, 5) is 12.5. The van der Waals surface area contributed by atoms with E-state index in [0.717, 1.165) is 31.4 Å². The average molecular weight is 278 g/mol. The molecule has 0 bridgehead atoms. The standard InChI is InChI=1S/C15H26N4O/c1-11-12(9-17-19(11)14(2,3)4)13(20)18-15(10-16)7-5-6-8-15/h9H,5-8,10,16H2,1-4H3,(H,18,20). The highest BCUT2D eigenvalue weighted by molar-refractivity contribution is 5.95. The molecular weight excluding hydrogens is 252 g/mol. The van der Waals surface area contributed by atoms with Crippen LogP contribution in [0, 0.1) is 6.92 Å². The van der Waals surface area contributed by atoms with Crippen molar-refractivity contribution in [3.05, 3.63) is 17.5 Å². The minimum absolute atomic E-state index is 0.0506. The number of carbonyl (C=O) groups excluding carboxylic acids is 1. The second-order valence-corrected chi connectivity index (χ2v) is 6.87. The highest BCUT2D eigenvalue weighted by Crippen LogP contribution is 2.29. The molecule has 1 aliphatic carbocycles. The van der Waals surface area contributed by atoms with Gasteiger partial charge in [0.1, 0.15) is 0 Å². The quantitative estimate of drug-likeness (QED) is 0.887. The number of carbonyl (C=O) groups is 1. The van der Waals surface area contributed by atoms with Crippen LogP contribution in [0.2, 0.25) is 0 Å². The molecular formula is C15H26N4O. The topological polar surface area (TPSA) is 72.9 Å². The van der Waals surface area contributed by atoms with Crippen LogP contribution < -0.4 is 11.1 Å². The van der Waals surface area contributed by atoms with Gasteiger partial charge >= 0.3 is 0 Å². The van der Waals surface area contributed by atoms with Gasteiger partial charge in [-0.1, -0.05) is 12.8 Å². The van der Waals surface area contributed by atoms with Crippen LogP contribution >= 0.6 is 0 Å². The summed E-state index contributed by atoms with van der Waals surface area (Å²) in [6.45, 7) is 8.68. The molecule has 5 heteroatoms. The van der Waals surface area contributed by atoms with E-state index >= 15 is 0 Å². The molecule has 1 heterocycles. The Balaban J connectivity index is 2.20. The molecule has 2 rings (SSSR count). The van der Waals surface area contributed by atoms with Gasteiger partial charge in [-0.3, -0.25) is 9.48 Å². The third-order valence-electron chi connectivity index (χ3n) is 4.22. The fraction of sp³-hybridized carbons (Fsp3) is 0.733. The van der Waals surface area contributed by atoms with Gasteiger partial charge in [-0.15, -0.1) is 0 Å². The van der Waals surface area contributed by atoms with Gasteiger partial charge in [0, 0.05) is 12.2 Å². The zero-order chi connectivity index (χ0) is 15.0. The van der Waals surface area contributed by atoms with E-state index in [9.17, 15) is 4.79 Å². The molecule has 0 spiro atoms. The van der Waals surface area contributed by atoms with Crippen LogP contribution in [0.5, 0.6) is 0 Å². The van der Waals surface area contributed by atoms with E-state index in [1.165, 1.54) is 0 Å². The second kappa shape index (κ2) is 5.20. The zero-order valence-electron chi connectivity index (χ0n) is 13.0. The summed E-state index contributed by atoms with van der Waals surface area (Å²) in [7, 11) is 0. The Morgan fingerprint density at radius 2 is 2.05 bits per heavy atom. The summed E-state index contributed by atoms with van der Waals surface area (Å²) in [5.41, 5.74) is 7.09. The lowest BCUT2D eigenvalue weighted by molar-refractivity contribution is 0.0902. The largest absolute Gasteiger partial charge is 0.345 e. The fourth-order valence-corrected chi connectivity index (χ4v) is 3.05. The molecule has 0 saturated heterocycles. The van der Waals surface area contributed by atoms with Crippen LogP contribution in [0.4, 0.5) is 0 Å². The van der Waals surface area contributed by atoms with E-state index in [0.29, 0.717) is 12.1 Å². The maximum Gasteiger partial charge on any atom is 0.255 e. The first-order valence-electron chi connectivity index (χ1n) is 7.37. The van der Waals surface area contributed by atoms with Crippen LogP contribution in [0.15, 0.2) is 6.20 Å². The summed E-state index contributed by atoms with van der Waals surface area (Å²) >= 11 is 0. The van der Waals surface area contributed by atoms with Crippen LogP contribution in [-0.4, -0.2) is 27.8 Å². The first-order valence-corrected chi connectivity index (χ1v) is 7.37. The Morgan fingerprint density at radius 3 is 2.50 bits per heavy atom. The Bertz CT molecular complexity index is 492. The normalized spacial score (nSPS) is 18.2. The SMILES string of the molecule is Cc1c(C(=O)NC2(CN)CCCC2)cnn1C(C)(C)C. The molecule has 0 unspecified atom stereocenters. The van der Waals surface area contributed by atoms with Crippen molar-refractivity contribution < 1.29 is 4.79 Å². The summed E-state index contributed by atoms with van der Waals surface area (Å²) in [6, 6.07) is 0. The number of nitrogens with one attached hydrogen (secondary N) is 1. The third kappa shape index (κ3) is 2.73. The molecule has 20 heavy (non-hydrogen) atoms. The van der Waals surface area contributed by atoms with Crippen molar-refractivity contribution in [2.45, 2.75) is 64.5 Å². The number of rotatable bonds is 3. The van der Waals surface area contributed by atoms with Gasteiger partial charge in [-0.05, 0) is 40.5 Å². The number of amides is 1. The zero-order valence-corrected chi connectivity index (χ0v) is 13.0. The van der Waals surface area contributed by atoms with E-state index in [4.69, 9.17) is 5.73 Å². The minimum atomic E-state index is -0.215. The van der Waals surface area contributed by atoms with E-state index in [1.807, 2.05) is 11.6 Å². The Morgan fingerprint density at radius 1 is 1.45 bits per heavy atom. The summed E-state index contributed by atoms with van der Waals surface area (Å²) in [6.07, 6.45) is 5.88. The molecule has 112 valence electrons. The molecule has 1 aromatic heterocycles. The van der Waals surface area contributed by atoms with Crippen molar-refractivity contribution in [1.82, 2.24) is 15.1 Å². The first kappa shape index (κ1) is 15.0. The minimum Gasteiger partial charge on any atom is -0.345 e. The molecule has 1 fully saturated rings. The second-order valence-electron chi connectivity index (χ2n) is 6.87. The number of nitrogens with two attached hydrogens (primary N) is 1. The van der Waals surface area contributed by atoms with Gasteiger partial charge in [0.15, 0.2) is 0 Å². The number of hydrogen-bond acceptors (Lipinski definition) is 3. The fourth-order valence-electron chi connectivity index (χ4n) is 3.05. The van der Waals surface area contributed by atoms with Crippen molar-refractivity contribution in [3.8, 4) is 0 Å². The molecule has 5 nitrogen and oxygen atoms in total. The molecule has 3 N–H and O–H groups in total. The van der Waals surface area contributed by atoms with Gasteiger partial charge in [0.25, 0.3) is 5.91 Å². The predicted octanol–water partition coefficient (Wildman–Crippen LogP) is 1.95. The van der Waals surface area contributed by atoms with Gasteiger partial charge in [0.2, 0.25) is 0 Å². The maximum absolute atomic E-state index is 12.5. The van der Waals surface area contributed by atoms with E-state index in [2.05, 4.69) is 31.2 Å². The molecule has 0 aliphatic heterocycles. The van der Waals surface area contributed by atoms with Crippen molar-refractivity contribution in [3.63, 3.8) is 0 Å². The van der Waals surface area contributed by atoms with Crippen LogP contribution in [-0.2, 0) is 5.54 Å². The summed E-state index contributed by atoms with van der Waals surface area (Å²) in [5.74, 6) is -0.0506. The highest BCUT2D eigenvalue weighted by atomic mass is 16.1. The van der Waals surface area contributed by atoms with Crippen molar-refractivity contribution in [1.29, 1.82) is 0 Å². The third-order valence-corrected chi connectivity index (χ3v) is 4.22. The molecule has 1 saturated carbocycles. The highest BCUT2D eigenvalue weighted by Gasteiger charge is 2.35. The van der Waals surface area contributed by atoms with Gasteiger partial charge in [-0.25, -0.2) is 0 Å². The molecule has 1 aliphatic rings. The number of hydrogen-bond donors (Lipinski definition) is 2. The van der Waals surface area contributed by atoms with Crippen molar-refractivity contribution in [2.75, 3.05) is 6.54 Å². The van der Waals surface area contributed by atoms with E-state index < -0.39 is 0 Å². The van der Waals surface area contributed by atoms with Gasteiger partial charge in [-0.2, -0.15) is 5.10 Å². The Labute approximate surface area is 120 Å². The molecule has 1 aromatic rings. The van der Waals surface area contributed by atoms with E-state index in [-0.39, 0.29) is 17.0 Å². The lowest BCUT2D eigenvalue weighted by Crippen LogP contribution is -2.51. The Kier molecular flexibility index (Phi) is 3.91. The van der Waals surface area contributed by atoms with E-state index in [1.54, 1.807) is 6.20 Å². The lowest BCUT2D eigenvalue weighted by Gasteiger charge is -2.28. The maximum atomic E-state index is 12.5. The monoisotopic (exact) mass is 278 g/mol. The molecule has 0 aromatic carbocycles. The molecule has 0 atom stereocenters. The summed E-state index contributed by atoms with van der Waals surface area (Å²) < 4.78 is 1.89. The van der Waals surface area contributed by atoms with Gasteiger partial charge < -0.3 is 11.1 Å². The lowest BCUT2D eigenvalue weighted by atomic mass is 9.97. The smallest absolute Gasteiger partial charge is 0.255 e. The van der Waals surface area contributed by atoms with Gasteiger partial charge in [0.05, 0.1) is 22.8 Å². The van der Waals surface area contributed by atoms with Crippen LogP contribution in [0.3, 0.4) is 0 Å². The Hall–Kier alpha value is -1.36. The average Bonchev–Trinajstić information content (AvgIpc) is 2.95. The first-order chi connectivity index (χ1) is 9.29. The molecule has 1 amide bonds. The number of aromatic nitrogens is 2. The van der Waals surface area contributed by atoms with Crippen LogP contribution in [0.25, 0.3) is 0 Å².